The Morgan fingerprint density at radius 3 is 2.67 bits per heavy atom. The van der Waals surface area contributed by atoms with Crippen LogP contribution in [0.5, 0.6) is 5.75 Å². The lowest BCUT2D eigenvalue weighted by atomic mass is 10.1. The van der Waals surface area contributed by atoms with Crippen molar-refractivity contribution < 1.29 is 38.4 Å². The van der Waals surface area contributed by atoms with E-state index in [2.05, 4.69) is 9.72 Å². The molecular weight excluding hydrogens is 332 g/mol. The predicted molar refractivity (Wildman–Crippen MR) is 67.7 cm³/mol. The SMILES string of the molecule is CC1(C(F)F)OC2(O)N(Cc3cncc(C#N)c3OC2(O)O)C1=O. The molecule has 0 spiro atoms. The summed E-state index contributed by atoms with van der Waals surface area (Å²) in [6, 6.07) is 1.69. The zero-order valence-corrected chi connectivity index (χ0v) is 12.1. The van der Waals surface area contributed by atoms with E-state index in [1.54, 1.807) is 6.07 Å². The number of fused-ring (bicyclic) bond motifs is 2. The smallest absolute Gasteiger partial charge is 0.402 e. The number of rotatable bonds is 1. The number of amides is 1. The molecule has 24 heavy (non-hydrogen) atoms. The third-order valence-electron chi connectivity index (χ3n) is 3.89. The van der Waals surface area contributed by atoms with Crippen LogP contribution >= 0.6 is 0 Å². The summed E-state index contributed by atoms with van der Waals surface area (Å²) in [5.41, 5.74) is -3.03. The lowest BCUT2D eigenvalue weighted by Crippen LogP contribution is -2.65. The Bertz CT molecular complexity index is 767. The summed E-state index contributed by atoms with van der Waals surface area (Å²) in [6.45, 7) is 0.103. The second-order valence-electron chi connectivity index (χ2n) is 5.51. The summed E-state index contributed by atoms with van der Waals surface area (Å²) >= 11 is 0. The van der Waals surface area contributed by atoms with Crippen LogP contribution in [0.1, 0.15) is 18.1 Å². The largest absolute Gasteiger partial charge is 0.432 e. The van der Waals surface area contributed by atoms with Crippen LogP contribution in [-0.2, 0) is 16.1 Å². The first-order chi connectivity index (χ1) is 11.1. The van der Waals surface area contributed by atoms with Gasteiger partial charge in [-0.05, 0) is 6.92 Å². The van der Waals surface area contributed by atoms with Crippen LogP contribution < -0.4 is 4.74 Å². The van der Waals surface area contributed by atoms with Crippen molar-refractivity contribution in [1.82, 2.24) is 9.88 Å². The van der Waals surface area contributed by atoms with E-state index < -0.39 is 36.4 Å². The highest BCUT2D eigenvalue weighted by atomic mass is 19.3. The maximum absolute atomic E-state index is 13.2. The molecule has 9 nitrogen and oxygen atoms in total. The van der Waals surface area contributed by atoms with Crippen molar-refractivity contribution in [2.75, 3.05) is 0 Å². The Morgan fingerprint density at radius 2 is 2.08 bits per heavy atom. The Kier molecular flexibility index (Phi) is 3.30. The van der Waals surface area contributed by atoms with Gasteiger partial charge in [0.1, 0.15) is 11.6 Å². The third-order valence-corrected chi connectivity index (χ3v) is 3.89. The molecule has 0 radical (unpaired) electrons. The molecule has 3 rings (SSSR count). The van der Waals surface area contributed by atoms with Crippen molar-refractivity contribution in [3.05, 3.63) is 23.5 Å². The Balaban J connectivity index is 2.19. The number of nitriles is 1. The van der Waals surface area contributed by atoms with Crippen molar-refractivity contribution in [2.45, 2.75) is 37.4 Å². The normalized spacial score (nSPS) is 31.1. The first-order valence-corrected chi connectivity index (χ1v) is 6.60. The van der Waals surface area contributed by atoms with Crippen LogP contribution in [0.2, 0.25) is 0 Å². The van der Waals surface area contributed by atoms with Crippen LogP contribution in [0.15, 0.2) is 12.4 Å². The molecule has 3 heterocycles. The molecule has 2 unspecified atom stereocenters. The molecule has 128 valence electrons. The van der Waals surface area contributed by atoms with Gasteiger partial charge >= 0.3 is 11.9 Å². The predicted octanol–water partition coefficient (Wildman–Crippen LogP) is -0.987. The van der Waals surface area contributed by atoms with Crippen molar-refractivity contribution in [3.63, 3.8) is 0 Å². The molecule has 1 aromatic heterocycles. The van der Waals surface area contributed by atoms with Gasteiger partial charge in [-0.2, -0.15) is 5.26 Å². The number of halogens is 2. The maximum Gasteiger partial charge on any atom is 0.402 e. The minimum absolute atomic E-state index is 0.00656. The van der Waals surface area contributed by atoms with Gasteiger partial charge < -0.3 is 24.8 Å². The molecule has 11 heteroatoms. The van der Waals surface area contributed by atoms with E-state index in [9.17, 15) is 28.9 Å². The Labute approximate surface area is 133 Å². The summed E-state index contributed by atoms with van der Waals surface area (Å²) in [6.07, 6.45) is -1.18. The van der Waals surface area contributed by atoms with Gasteiger partial charge in [-0.15, -0.1) is 0 Å². The molecule has 0 aromatic carbocycles. The van der Waals surface area contributed by atoms with Crippen molar-refractivity contribution >= 4 is 5.91 Å². The Hall–Kier alpha value is -2.39. The van der Waals surface area contributed by atoms with E-state index in [1.807, 2.05) is 0 Å². The number of nitrogens with zero attached hydrogens (tertiary/aromatic N) is 3. The van der Waals surface area contributed by atoms with Crippen molar-refractivity contribution in [2.24, 2.45) is 0 Å². The van der Waals surface area contributed by atoms with Crippen molar-refractivity contribution in [1.29, 1.82) is 5.26 Å². The van der Waals surface area contributed by atoms with Crippen LogP contribution in [0.4, 0.5) is 8.78 Å². The number of aliphatic hydroxyl groups is 3. The third kappa shape index (κ3) is 1.91. The summed E-state index contributed by atoms with van der Waals surface area (Å²) < 4.78 is 35.9. The van der Waals surface area contributed by atoms with Gasteiger partial charge in [0.05, 0.1) is 6.54 Å². The number of aromatic nitrogens is 1. The van der Waals surface area contributed by atoms with E-state index in [4.69, 9.17) is 10.00 Å². The highest BCUT2D eigenvalue weighted by Gasteiger charge is 2.73. The van der Waals surface area contributed by atoms with E-state index in [1.165, 1.54) is 0 Å². The molecule has 0 aliphatic carbocycles. The molecule has 3 N–H and O–H groups in total. The fraction of sp³-hybridized carbons (Fsp3) is 0.462. The molecule has 0 bridgehead atoms. The van der Waals surface area contributed by atoms with E-state index >= 15 is 0 Å². The number of carbonyl (C=O) groups excluding carboxylic acids is 1. The maximum atomic E-state index is 13.2. The highest BCUT2D eigenvalue weighted by molar-refractivity contribution is 5.88. The lowest BCUT2D eigenvalue weighted by Gasteiger charge is -2.37. The molecule has 2 aliphatic heterocycles. The standard InChI is InChI=1S/C13H11F2N3O6/c1-11(9(14)15)10(19)18-5-7-4-17-3-6(2-16)8(7)23-13(21,22)12(18,20)24-11/h3-4,9,20-22H,5H2,1H3. The average Bonchev–Trinajstić information content (AvgIpc) is 2.66. The van der Waals surface area contributed by atoms with Gasteiger partial charge in [0.25, 0.3) is 12.3 Å². The van der Waals surface area contributed by atoms with Gasteiger partial charge in [0.15, 0.2) is 5.75 Å². The van der Waals surface area contributed by atoms with Crippen LogP contribution in [-0.4, -0.2) is 55.0 Å². The fourth-order valence-corrected chi connectivity index (χ4v) is 2.54. The van der Waals surface area contributed by atoms with Crippen molar-refractivity contribution in [3.8, 4) is 11.8 Å². The average molecular weight is 343 g/mol. The summed E-state index contributed by atoms with van der Waals surface area (Å²) in [5.74, 6) is -8.68. The molecule has 1 fully saturated rings. The van der Waals surface area contributed by atoms with Gasteiger partial charge in [0.2, 0.25) is 5.60 Å². The second-order valence-corrected chi connectivity index (χ2v) is 5.51. The lowest BCUT2D eigenvalue weighted by molar-refractivity contribution is -0.473. The van der Waals surface area contributed by atoms with Gasteiger partial charge in [0, 0.05) is 18.0 Å². The topological polar surface area (TPSA) is 136 Å². The number of alkyl halides is 2. The van der Waals surface area contributed by atoms with Crippen LogP contribution in [0.25, 0.3) is 0 Å². The molecule has 2 atom stereocenters. The number of pyridine rings is 1. The first kappa shape index (κ1) is 16.5. The molecule has 1 saturated heterocycles. The number of ether oxygens (including phenoxy) is 2. The van der Waals surface area contributed by atoms with E-state index in [-0.39, 0.29) is 16.9 Å². The molecule has 2 aliphatic rings. The van der Waals surface area contributed by atoms with Crippen LogP contribution in [0, 0.1) is 11.3 Å². The van der Waals surface area contributed by atoms with Crippen LogP contribution in [0.3, 0.4) is 0 Å². The zero-order valence-electron chi connectivity index (χ0n) is 12.1. The monoisotopic (exact) mass is 343 g/mol. The molecule has 0 saturated carbocycles. The summed E-state index contributed by atoms with van der Waals surface area (Å²) in [5, 5.41) is 39.6. The molecule has 1 aromatic rings. The quantitative estimate of drug-likeness (QED) is 0.553. The zero-order chi connectivity index (χ0) is 17.9. The number of hydrogen-bond acceptors (Lipinski definition) is 8. The minimum atomic E-state index is -3.62. The number of hydrogen-bond donors (Lipinski definition) is 3. The van der Waals surface area contributed by atoms with Gasteiger partial charge in [-0.1, -0.05) is 0 Å². The first-order valence-electron chi connectivity index (χ1n) is 6.60. The van der Waals surface area contributed by atoms with E-state index in [0.717, 1.165) is 12.4 Å². The Morgan fingerprint density at radius 1 is 1.42 bits per heavy atom. The van der Waals surface area contributed by atoms with Gasteiger partial charge in [-0.25, -0.2) is 8.78 Å². The van der Waals surface area contributed by atoms with Gasteiger partial charge in [-0.3, -0.25) is 14.7 Å². The second kappa shape index (κ2) is 4.81. The van der Waals surface area contributed by atoms with E-state index in [0.29, 0.717) is 11.8 Å². The summed E-state index contributed by atoms with van der Waals surface area (Å²) in [4.78, 5) is 16.3. The minimum Gasteiger partial charge on any atom is -0.432 e. The molecular formula is C13H11F2N3O6. The highest BCUT2D eigenvalue weighted by Crippen LogP contribution is 2.46. The fourth-order valence-electron chi connectivity index (χ4n) is 2.54. The molecule has 1 amide bonds. The summed E-state index contributed by atoms with van der Waals surface area (Å²) in [7, 11) is 0. The number of carbonyl (C=O) groups is 1.